The SMILES string of the molecule is CCC1CC(=O)CCN1c1cc(F)cc(F)c1. The van der Waals surface area contributed by atoms with Gasteiger partial charge in [-0.25, -0.2) is 8.78 Å². The summed E-state index contributed by atoms with van der Waals surface area (Å²) < 4.78 is 26.3. The molecule has 1 aromatic rings. The molecule has 1 saturated heterocycles. The Balaban J connectivity index is 2.28. The number of hydrogen-bond donors (Lipinski definition) is 0. The van der Waals surface area contributed by atoms with Crippen LogP contribution in [-0.4, -0.2) is 18.4 Å². The summed E-state index contributed by atoms with van der Waals surface area (Å²) in [6.45, 7) is 2.52. The zero-order valence-corrected chi connectivity index (χ0v) is 9.75. The molecule has 1 aromatic carbocycles. The molecule has 0 radical (unpaired) electrons. The van der Waals surface area contributed by atoms with Crippen LogP contribution in [0.4, 0.5) is 14.5 Å². The molecule has 17 heavy (non-hydrogen) atoms. The number of piperidine rings is 1. The first-order valence-corrected chi connectivity index (χ1v) is 5.84. The third-order valence-corrected chi connectivity index (χ3v) is 3.19. The van der Waals surface area contributed by atoms with Crippen LogP contribution in [0.25, 0.3) is 0 Å². The van der Waals surface area contributed by atoms with Crippen LogP contribution in [0, 0.1) is 11.6 Å². The lowest BCUT2D eigenvalue weighted by atomic mass is 9.98. The van der Waals surface area contributed by atoms with Crippen molar-refractivity contribution in [1.29, 1.82) is 0 Å². The molecule has 1 atom stereocenters. The number of ketones is 1. The van der Waals surface area contributed by atoms with Crippen molar-refractivity contribution in [2.24, 2.45) is 0 Å². The standard InChI is InChI=1S/C13H15F2NO/c1-2-11-8-13(17)3-4-16(11)12-6-9(14)5-10(15)7-12/h5-7,11H,2-4,8H2,1H3. The Morgan fingerprint density at radius 3 is 2.53 bits per heavy atom. The number of rotatable bonds is 2. The molecule has 2 rings (SSSR count). The number of halogens is 2. The summed E-state index contributed by atoms with van der Waals surface area (Å²) in [5.74, 6) is -0.927. The Hall–Kier alpha value is -1.45. The molecular formula is C13H15F2NO. The Morgan fingerprint density at radius 1 is 1.29 bits per heavy atom. The zero-order valence-electron chi connectivity index (χ0n) is 9.75. The van der Waals surface area contributed by atoms with Crippen molar-refractivity contribution < 1.29 is 13.6 Å². The van der Waals surface area contributed by atoms with Gasteiger partial charge in [0.15, 0.2) is 0 Å². The van der Waals surface area contributed by atoms with Crippen LogP contribution in [-0.2, 0) is 4.79 Å². The Morgan fingerprint density at radius 2 is 1.94 bits per heavy atom. The van der Waals surface area contributed by atoms with E-state index in [0.717, 1.165) is 12.5 Å². The first kappa shape index (κ1) is 12.0. The third kappa shape index (κ3) is 2.62. The molecule has 0 spiro atoms. The Kier molecular flexibility index (Phi) is 3.41. The third-order valence-electron chi connectivity index (χ3n) is 3.19. The van der Waals surface area contributed by atoms with E-state index >= 15 is 0 Å². The van der Waals surface area contributed by atoms with E-state index in [4.69, 9.17) is 0 Å². The lowest BCUT2D eigenvalue weighted by Crippen LogP contribution is -2.42. The highest BCUT2D eigenvalue weighted by atomic mass is 19.1. The number of nitrogens with zero attached hydrogens (tertiary/aromatic N) is 1. The van der Waals surface area contributed by atoms with Crippen molar-refractivity contribution in [2.75, 3.05) is 11.4 Å². The molecule has 1 fully saturated rings. The minimum absolute atomic E-state index is 0.0532. The number of Topliss-reactive ketones (excluding diaryl/α,β-unsaturated/α-hetero) is 1. The lowest BCUT2D eigenvalue weighted by molar-refractivity contribution is -0.120. The summed E-state index contributed by atoms with van der Waals surface area (Å²) in [4.78, 5) is 13.3. The van der Waals surface area contributed by atoms with E-state index in [2.05, 4.69) is 0 Å². The summed E-state index contributed by atoms with van der Waals surface area (Å²) in [6.07, 6.45) is 1.72. The fourth-order valence-electron chi connectivity index (χ4n) is 2.31. The Labute approximate surface area is 99.2 Å². The molecule has 92 valence electrons. The van der Waals surface area contributed by atoms with Crippen LogP contribution >= 0.6 is 0 Å². The van der Waals surface area contributed by atoms with Crippen molar-refractivity contribution in [3.8, 4) is 0 Å². The normalized spacial score (nSPS) is 20.8. The molecule has 0 saturated carbocycles. The molecule has 0 bridgehead atoms. The minimum Gasteiger partial charge on any atom is -0.368 e. The largest absolute Gasteiger partial charge is 0.368 e. The molecule has 0 N–H and O–H groups in total. The van der Waals surface area contributed by atoms with Crippen molar-refractivity contribution in [3.63, 3.8) is 0 Å². The van der Waals surface area contributed by atoms with E-state index in [1.807, 2.05) is 11.8 Å². The smallest absolute Gasteiger partial charge is 0.136 e. The monoisotopic (exact) mass is 239 g/mol. The van der Waals surface area contributed by atoms with E-state index in [-0.39, 0.29) is 11.8 Å². The first-order valence-electron chi connectivity index (χ1n) is 5.84. The van der Waals surface area contributed by atoms with Crippen molar-refractivity contribution in [2.45, 2.75) is 32.2 Å². The lowest BCUT2D eigenvalue weighted by Gasteiger charge is -2.36. The molecule has 0 aromatic heterocycles. The summed E-state index contributed by atoms with van der Waals surface area (Å²) in [7, 11) is 0. The van der Waals surface area contributed by atoms with E-state index in [0.29, 0.717) is 25.1 Å². The predicted octanol–water partition coefficient (Wildman–Crippen LogP) is 2.91. The highest BCUT2D eigenvalue weighted by Gasteiger charge is 2.26. The van der Waals surface area contributed by atoms with Gasteiger partial charge in [0.1, 0.15) is 17.4 Å². The summed E-state index contributed by atoms with van der Waals surface area (Å²) in [5, 5.41) is 0. The molecule has 1 aliphatic heterocycles. The van der Waals surface area contributed by atoms with Gasteiger partial charge in [-0.05, 0) is 18.6 Å². The molecule has 4 heteroatoms. The van der Waals surface area contributed by atoms with Crippen LogP contribution < -0.4 is 4.90 Å². The van der Waals surface area contributed by atoms with Gasteiger partial charge in [0, 0.05) is 37.2 Å². The molecule has 0 aliphatic carbocycles. The number of anilines is 1. The van der Waals surface area contributed by atoms with Gasteiger partial charge in [-0.2, -0.15) is 0 Å². The number of carbonyl (C=O) groups excluding carboxylic acids is 1. The quantitative estimate of drug-likeness (QED) is 0.791. The van der Waals surface area contributed by atoms with Gasteiger partial charge in [0.25, 0.3) is 0 Å². The van der Waals surface area contributed by atoms with Gasteiger partial charge >= 0.3 is 0 Å². The van der Waals surface area contributed by atoms with Crippen molar-refractivity contribution in [3.05, 3.63) is 29.8 Å². The summed E-state index contributed by atoms with van der Waals surface area (Å²) in [6, 6.07) is 3.56. The van der Waals surface area contributed by atoms with Crippen molar-refractivity contribution >= 4 is 11.5 Å². The second-order valence-corrected chi connectivity index (χ2v) is 4.38. The van der Waals surface area contributed by atoms with E-state index in [9.17, 15) is 13.6 Å². The maximum Gasteiger partial charge on any atom is 0.136 e. The average Bonchev–Trinajstić information content (AvgIpc) is 2.27. The summed E-state index contributed by atoms with van der Waals surface area (Å²) >= 11 is 0. The molecular weight excluding hydrogens is 224 g/mol. The number of benzene rings is 1. The maximum absolute atomic E-state index is 13.2. The van der Waals surface area contributed by atoms with E-state index in [1.54, 1.807) is 0 Å². The highest BCUT2D eigenvalue weighted by Crippen LogP contribution is 2.26. The van der Waals surface area contributed by atoms with Gasteiger partial charge in [0.05, 0.1) is 0 Å². The fourth-order valence-corrected chi connectivity index (χ4v) is 2.31. The van der Waals surface area contributed by atoms with Gasteiger partial charge in [-0.1, -0.05) is 6.92 Å². The number of carbonyl (C=O) groups is 1. The maximum atomic E-state index is 13.2. The molecule has 1 heterocycles. The highest BCUT2D eigenvalue weighted by molar-refractivity contribution is 5.81. The van der Waals surface area contributed by atoms with Crippen LogP contribution in [0.3, 0.4) is 0 Å². The van der Waals surface area contributed by atoms with Crippen LogP contribution in [0.5, 0.6) is 0 Å². The first-order chi connectivity index (χ1) is 8.10. The minimum atomic E-state index is -0.577. The second-order valence-electron chi connectivity index (χ2n) is 4.38. The molecule has 0 amide bonds. The van der Waals surface area contributed by atoms with Crippen LogP contribution in [0.15, 0.2) is 18.2 Å². The van der Waals surface area contributed by atoms with E-state index < -0.39 is 11.6 Å². The van der Waals surface area contributed by atoms with Gasteiger partial charge < -0.3 is 4.90 Å². The zero-order chi connectivity index (χ0) is 12.4. The molecule has 1 aliphatic rings. The van der Waals surface area contributed by atoms with Gasteiger partial charge in [-0.15, -0.1) is 0 Å². The second kappa shape index (κ2) is 4.82. The molecule has 1 unspecified atom stereocenters. The van der Waals surface area contributed by atoms with E-state index in [1.165, 1.54) is 12.1 Å². The topological polar surface area (TPSA) is 20.3 Å². The summed E-state index contributed by atoms with van der Waals surface area (Å²) in [5.41, 5.74) is 0.529. The fraction of sp³-hybridized carbons (Fsp3) is 0.462. The molecule has 2 nitrogen and oxygen atoms in total. The predicted molar refractivity (Wildman–Crippen MR) is 62.0 cm³/mol. The van der Waals surface area contributed by atoms with Gasteiger partial charge in [0.2, 0.25) is 0 Å². The van der Waals surface area contributed by atoms with Gasteiger partial charge in [-0.3, -0.25) is 4.79 Å². The van der Waals surface area contributed by atoms with Crippen LogP contribution in [0.2, 0.25) is 0 Å². The Bertz CT molecular complexity index is 413. The number of hydrogen-bond acceptors (Lipinski definition) is 2. The van der Waals surface area contributed by atoms with Crippen molar-refractivity contribution in [1.82, 2.24) is 0 Å². The van der Waals surface area contributed by atoms with Crippen LogP contribution in [0.1, 0.15) is 26.2 Å². The average molecular weight is 239 g/mol.